The zero-order valence-electron chi connectivity index (χ0n) is 19.6. The van der Waals surface area contributed by atoms with Crippen LogP contribution >= 0.6 is 0 Å². The number of hydrogen-bond donors (Lipinski definition) is 2. The summed E-state index contributed by atoms with van der Waals surface area (Å²) in [4.78, 5) is 24.2. The molecule has 5 rings (SSSR count). The zero-order valence-corrected chi connectivity index (χ0v) is 19.6. The quantitative estimate of drug-likeness (QED) is 0.642. The Balaban J connectivity index is 1.14. The lowest BCUT2D eigenvalue weighted by Crippen LogP contribution is -2.48. The third-order valence-electron chi connectivity index (χ3n) is 7.70. The molecule has 2 saturated heterocycles. The number of hydrogen-bond acceptors (Lipinski definition) is 5. The van der Waals surface area contributed by atoms with E-state index in [0.29, 0.717) is 18.2 Å². The Morgan fingerprint density at radius 2 is 1.79 bits per heavy atom. The number of benzene rings is 1. The summed E-state index contributed by atoms with van der Waals surface area (Å²) in [6.07, 6.45) is 7.53. The van der Waals surface area contributed by atoms with Crippen LogP contribution in [0.1, 0.15) is 55.4 Å². The summed E-state index contributed by atoms with van der Waals surface area (Å²) >= 11 is 0. The van der Waals surface area contributed by atoms with Crippen LogP contribution in [-0.4, -0.2) is 83.6 Å². The van der Waals surface area contributed by atoms with Gasteiger partial charge in [-0.3, -0.25) is 9.69 Å². The van der Waals surface area contributed by atoms with Crippen molar-refractivity contribution in [2.24, 2.45) is 5.92 Å². The average molecular weight is 455 g/mol. The molecule has 3 heterocycles. The Bertz CT molecular complexity index is 933. The number of aromatic nitrogens is 1. The van der Waals surface area contributed by atoms with E-state index in [4.69, 9.17) is 4.84 Å². The molecule has 2 aliphatic heterocycles. The van der Waals surface area contributed by atoms with Gasteiger partial charge >= 0.3 is 0 Å². The summed E-state index contributed by atoms with van der Waals surface area (Å²) < 4.78 is 1.76. The van der Waals surface area contributed by atoms with Gasteiger partial charge < -0.3 is 20.2 Å². The predicted octanol–water partition coefficient (Wildman–Crippen LogP) is 2.52. The Morgan fingerprint density at radius 1 is 1.00 bits per heavy atom. The van der Waals surface area contributed by atoms with Crippen molar-refractivity contribution in [3.63, 3.8) is 0 Å². The standard InChI is InChI=1S/C26H38N4O3/c31-23-8-4-12-29(18-23)16-15-28-13-10-22(11-14-28)27-26(32)25-17-21-7-1-2-9-24(21)30(25)33-19-20-5-3-6-20/h1-2,7,9,17,20,22-23,31H,3-6,8,10-16,18-19H2,(H,27,32)/t23-/m1/s1. The second-order valence-corrected chi connectivity index (χ2v) is 10.2. The molecule has 1 atom stereocenters. The summed E-state index contributed by atoms with van der Waals surface area (Å²) in [7, 11) is 0. The largest absolute Gasteiger partial charge is 0.413 e. The van der Waals surface area contributed by atoms with Crippen molar-refractivity contribution >= 4 is 16.8 Å². The minimum Gasteiger partial charge on any atom is -0.413 e. The molecule has 2 aromatic rings. The number of fused-ring (bicyclic) bond motifs is 1. The van der Waals surface area contributed by atoms with Gasteiger partial charge in [-0.15, -0.1) is 0 Å². The van der Waals surface area contributed by atoms with Crippen LogP contribution in [0.15, 0.2) is 30.3 Å². The van der Waals surface area contributed by atoms with Crippen LogP contribution < -0.4 is 10.2 Å². The number of aliphatic hydroxyl groups is 1. The number of rotatable bonds is 8. The first-order chi connectivity index (χ1) is 16.2. The molecule has 2 N–H and O–H groups in total. The van der Waals surface area contributed by atoms with Crippen LogP contribution in [0.25, 0.3) is 10.9 Å². The highest BCUT2D eigenvalue weighted by atomic mass is 16.7. The minimum atomic E-state index is -0.159. The topological polar surface area (TPSA) is 70.0 Å². The second kappa shape index (κ2) is 10.5. The molecule has 1 aromatic carbocycles. The van der Waals surface area contributed by atoms with Gasteiger partial charge in [0.05, 0.1) is 11.6 Å². The normalized spacial score (nSPS) is 23.5. The van der Waals surface area contributed by atoms with Gasteiger partial charge in [0.15, 0.2) is 0 Å². The molecule has 1 aliphatic carbocycles. The van der Waals surface area contributed by atoms with Gasteiger partial charge in [-0.25, -0.2) is 0 Å². The fraction of sp³-hybridized carbons (Fsp3) is 0.654. The number of piperidine rings is 2. The molecule has 1 saturated carbocycles. The Hall–Kier alpha value is -2.09. The third kappa shape index (κ3) is 5.53. The van der Waals surface area contributed by atoms with E-state index in [1.54, 1.807) is 4.73 Å². The third-order valence-corrected chi connectivity index (χ3v) is 7.70. The van der Waals surface area contributed by atoms with E-state index in [-0.39, 0.29) is 18.1 Å². The van der Waals surface area contributed by atoms with Gasteiger partial charge in [-0.2, -0.15) is 4.73 Å². The van der Waals surface area contributed by atoms with Crippen LogP contribution in [-0.2, 0) is 0 Å². The van der Waals surface area contributed by atoms with Crippen molar-refractivity contribution in [3.8, 4) is 0 Å². The number of amides is 1. The van der Waals surface area contributed by atoms with Crippen LogP contribution in [0, 0.1) is 5.92 Å². The van der Waals surface area contributed by atoms with Crippen molar-refractivity contribution in [3.05, 3.63) is 36.0 Å². The van der Waals surface area contributed by atoms with Crippen molar-refractivity contribution in [1.29, 1.82) is 0 Å². The van der Waals surface area contributed by atoms with Crippen molar-refractivity contribution < 1.29 is 14.7 Å². The van der Waals surface area contributed by atoms with E-state index in [0.717, 1.165) is 75.9 Å². The van der Waals surface area contributed by atoms with Crippen LogP contribution in [0.2, 0.25) is 0 Å². The monoisotopic (exact) mass is 454 g/mol. The molecule has 180 valence electrons. The summed E-state index contributed by atoms with van der Waals surface area (Å²) in [5, 5.41) is 14.2. The van der Waals surface area contributed by atoms with E-state index in [2.05, 4.69) is 15.1 Å². The molecule has 0 spiro atoms. The van der Waals surface area contributed by atoms with Crippen LogP contribution in [0.5, 0.6) is 0 Å². The maximum Gasteiger partial charge on any atom is 0.271 e. The molecule has 3 aliphatic rings. The SMILES string of the molecule is O=C(NC1CCN(CCN2CCC[C@@H](O)C2)CC1)c1cc2ccccc2n1OCC1CCC1. The smallest absolute Gasteiger partial charge is 0.271 e. The Labute approximate surface area is 196 Å². The second-order valence-electron chi connectivity index (χ2n) is 10.2. The van der Waals surface area contributed by atoms with E-state index in [9.17, 15) is 9.90 Å². The lowest BCUT2D eigenvalue weighted by Gasteiger charge is -2.35. The number of aliphatic hydroxyl groups excluding tert-OH is 1. The molecule has 0 bridgehead atoms. The highest BCUT2D eigenvalue weighted by molar-refractivity contribution is 5.98. The Kier molecular flexibility index (Phi) is 7.19. The average Bonchev–Trinajstić information content (AvgIpc) is 3.17. The maximum absolute atomic E-state index is 13.2. The molecular formula is C26H38N4O3. The molecule has 3 fully saturated rings. The first-order valence-electron chi connectivity index (χ1n) is 12.8. The molecule has 1 amide bonds. The number of carbonyl (C=O) groups excluding carboxylic acids is 1. The number of carbonyl (C=O) groups is 1. The zero-order chi connectivity index (χ0) is 22.6. The predicted molar refractivity (Wildman–Crippen MR) is 129 cm³/mol. The number of nitrogens with one attached hydrogen (secondary N) is 1. The minimum absolute atomic E-state index is 0.0411. The number of β-amino-alcohol motifs (C(OH)–C–C–N with tert-alkyl or cyclic N) is 1. The lowest BCUT2D eigenvalue weighted by atomic mass is 9.86. The number of nitrogens with zero attached hydrogens (tertiary/aromatic N) is 3. The van der Waals surface area contributed by atoms with E-state index >= 15 is 0 Å². The Morgan fingerprint density at radius 3 is 2.55 bits per heavy atom. The highest BCUT2D eigenvalue weighted by Crippen LogP contribution is 2.27. The summed E-state index contributed by atoms with van der Waals surface area (Å²) in [5.74, 6) is 0.570. The van der Waals surface area contributed by atoms with Crippen molar-refractivity contribution in [2.45, 2.75) is 57.1 Å². The summed E-state index contributed by atoms with van der Waals surface area (Å²) in [5.41, 5.74) is 1.56. The maximum atomic E-state index is 13.2. The molecular weight excluding hydrogens is 416 g/mol. The van der Waals surface area contributed by atoms with Gasteiger partial charge in [0.25, 0.3) is 5.91 Å². The molecule has 0 radical (unpaired) electrons. The van der Waals surface area contributed by atoms with Crippen molar-refractivity contribution in [2.75, 3.05) is 45.9 Å². The molecule has 7 heteroatoms. The van der Waals surface area contributed by atoms with Crippen molar-refractivity contribution in [1.82, 2.24) is 19.8 Å². The molecule has 0 unspecified atom stereocenters. The fourth-order valence-electron chi connectivity index (χ4n) is 5.34. The van der Waals surface area contributed by atoms with E-state index in [1.807, 2.05) is 30.3 Å². The first kappa shape index (κ1) is 22.7. The fourth-order valence-corrected chi connectivity index (χ4v) is 5.34. The van der Waals surface area contributed by atoms with Gasteiger partial charge in [-0.1, -0.05) is 24.6 Å². The lowest BCUT2D eigenvalue weighted by molar-refractivity contribution is 0.0536. The molecule has 1 aromatic heterocycles. The van der Waals surface area contributed by atoms with Crippen LogP contribution in [0.4, 0.5) is 0 Å². The van der Waals surface area contributed by atoms with Gasteiger partial charge in [0.2, 0.25) is 0 Å². The van der Waals surface area contributed by atoms with E-state index in [1.165, 1.54) is 19.3 Å². The number of para-hydroxylation sites is 1. The van der Waals surface area contributed by atoms with Crippen LogP contribution in [0.3, 0.4) is 0 Å². The number of likely N-dealkylation sites (tertiary alicyclic amines) is 2. The van der Waals surface area contributed by atoms with Gasteiger partial charge in [0.1, 0.15) is 12.3 Å². The summed E-state index contributed by atoms with van der Waals surface area (Å²) in [6, 6.07) is 10.2. The highest BCUT2D eigenvalue weighted by Gasteiger charge is 2.26. The first-order valence-corrected chi connectivity index (χ1v) is 12.8. The van der Waals surface area contributed by atoms with Gasteiger partial charge in [0, 0.05) is 44.2 Å². The van der Waals surface area contributed by atoms with E-state index < -0.39 is 0 Å². The summed E-state index contributed by atoms with van der Waals surface area (Å²) in [6.45, 7) is 6.64. The molecule has 33 heavy (non-hydrogen) atoms. The molecule has 7 nitrogen and oxygen atoms in total. The van der Waals surface area contributed by atoms with Gasteiger partial charge in [-0.05, 0) is 63.1 Å².